The number of hydrogen-bond donors (Lipinski definition) is 2. The van der Waals surface area contributed by atoms with E-state index in [1.54, 1.807) is 23.3 Å². The van der Waals surface area contributed by atoms with Gasteiger partial charge in [0.25, 0.3) is 5.56 Å². The van der Waals surface area contributed by atoms with Gasteiger partial charge in [-0.25, -0.2) is 9.78 Å². The molecule has 0 aliphatic carbocycles. The van der Waals surface area contributed by atoms with E-state index >= 15 is 0 Å². The number of H-pyrrole nitrogens is 1. The van der Waals surface area contributed by atoms with Crippen LogP contribution in [-0.2, 0) is 36.6 Å². The summed E-state index contributed by atoms with van der Waals surface area (Å²) in [5.41, 5.74) is -0.235. The van der Waals surface area contributed by atoms with Gasteiger partial charge in [-0.2, -0.15) is 0 Å². The van der Waals surface area contributed by atoms with Crippen molar-refractivity contribution < 1.29 is 9.59 Å². The average molecular weight is 445 g/mol. The van der Waals surface area contributed by atoms with Gasteiger partial charge in [-0.3, -0.25) is 23.5 Å². The lowest BCUT2D eigenvalue weighted by molar-refractivity contribution is -0.135. The summed E-state index contributed by atoms with van der Waals surface area (Å²) in [6.45, 7) is 0.881. The van der Waals surface area contributed by atoms with E-state index in [0.717, 1.165) is 9.44 Å². The number of carbonyl (C=O) groups is 2. The second kappa shape index (κ2) is 8.50. The molecule has 0 bridgehead atoms. The number of imidazole rings is 1. The first-order valence-electron chi connectivity index (χ1n) is 10.1. The lowest BCUT2D eigenvalue weighted by atomic mass is 10.2. The number of aryl methyl sites for hydroxylation is 2. The number of aromatic nitrogens is 4. The Hall–Kier alpha value is -3.21. The van der Waals surface area contributed by atoms with Crippen molar-refractivity contribution >= 4 is 34.3 Å². The Morgan fingerprint density at radius 3 is 2.84 bits per heavy atom. The molecular formula is C20H24N6O4S. The highest BCUT2D eigenvalue weighted by Crippen LogP contribution is 2.23. The van der Waals surface area contributed by atoms with Crippen molar-refractivity contribution in [2.75, 3.05) is 6.54 Å². The van der Waals surface area contributed by atoms with E-state index in [1.165, 1.54) is 11.6 Å². The van der Waals surface area contributed by atoms with Gasteiger partial charge in [-0.1, -0.05) is 6.07 Å². The number of nitrogens with one attached hydrogen (secondary N) is 2. The Kier molecular flexibility index (Phi) is 5.77. The minimum absolute atomic E-state index is 0.00279. The zero-order valence-electron chi connectivity index (χ0n) is 17.4. The quantitative estimate of drug-likeness (QED) is 0.506. The molecule has 3 aromatic heterocycles. The van der Waals surface area contributed by atoms with Crippen molar-refractivity contribution in [1.82, 2.24) is 29.3 Å². The zero-order valence-corrected chi connectivity index (χ0v) is 18.2. The van der Waals surface area contributed by atoms with Crippen molar-refractivity contribution in [3.05, 3.63) is 49.1 Å². The summed E-state index contributed by atoms with van der Waals surface area (Å²) in [6, 6.07) is 3.45. The first kappa shape index (κ1) is 21.0. The Labute approximate surface area is 181 Å². The van der Waals surface area contributed by atoms with Crippen molar-refractivity contribution in [1.29, 1.82) is 0 Å². The fourth-order valence-corrected chi connectivity index (χ4v) is 4.56. The summed E-state index contributed by atoms with van der Waals surface area (Å²) in [5, 5.41) is 4.86. The zero-order chi connectivity index (χ0) is 22.1. The molecule has 164 valence electrons. The molecule has 1 aliphatic heterocycles. The lowest BCUT2D eigenvalue weighted by Gasteiger charge is -2.23. The van der Waals surface area contributed by atoms with Gasteiger partial charge in [0.2, 0.25) is 11.8 Å². The van der Waals surface area contributed by atoms with Gasteiger partial charge in [0.1, 0.15) is 17.4 Å². The van der Waals surface area contributed by atoms with Gasteiger partial charge in [-0.15, -0.1) is 11.3 Å². The number of amides is 2. The molecule has 0 saturated carbocycles. The van der Waals surface area contributed by atoms with Gasteiger partial charge < -0.3 is 15.2 Å². The van der Waals surface area contributed by atoms with Gasteiger partial charge in [0.05, 0.1) is 6.54 Å². The van der Waals surface area contributed by atoms with Crippen LogP contribution in [0.15, 0.2) is 27.1 Å². The molecular weight excluding hydrogens is 420 g/mol. The largest absolute Gasteiger partial charge is 0.354 e. The topological polar surface area (TPSA) is 122 Å². The first-order chi connectivity index (χ1) is 14.9. The number of carbonyl (C=O) groups excluding carboxylic acids is 2. The second-order valence-electron chi connectivity index (χ2n) is 7.64. The molecule has 0 aromatic carbocycles. The summed E-state index contributed by atoms with van der Waals surface area (Å²) in [5.74, 6) is 0.434. The summed E-state index contributed by atoms with van der Waals surface area (Å²) in [4.78, 5) is 59.2. The third-order valence-electron chi connectivity index (χ3n) is 5.57. The Balaban J connectivity index is 1.34. The maximum Gasteiger partial charge on any atom is 0.332 e. The highest BCUT2D eigenvalue weighted by Gasteiger charge is 2.35. The molecule has 1 aliphatic rings. The Morgan fingerprint density at radius 1 is 1.29 bits per heavy atom. The molecule has 4 heterocycles. The minimum Gasteiger partial charge on any atom is -0.354 e. The van der Waals surface area contributed by atoms with Crippen LogP contribution in [0.5, 0.6) is 0 Å². The molecule has 2 N–H and O–H groups in total. The smallest absolute Gasteiger partial charge is 0.332 e. The summed E-state index contributed by atoms with van der Waals surface area (Å²) < 4.78 is 2.37. The molecule has 0 radical (unpaired) electrons. The third-order valence-corrected chi connectivity index (χ3v) is 6.43. The minimum atomic E-state index is -0.446. The fourth-order valence-electron chi connectivity index (χ4n) is 3.85. The number of thiophene rings is 1. The van der Waals surface area contributed by atoms with E-state index in [1.807, 2.05) is 17.5 Å². The maximum atomic E-state index is 12.6. The number of likely N-dealkylation sites (tertiary alicyclic amines) is 1. The lowest BCUT2D eigenvalue weighted by Crippen LogP contribution is -2.44. The van der Waals surface area contributed by atoms with Crippen LogP contribution < -0.4 is 16.6 Å². The van der Waals surface area contributed by atoms with E-state index in [4.69, 9.17) is 0 Å². The van der Waals surface area contributed by atoms with Crippen LogP contribution in [0.1, 0.15) is 30.0 Å². The highest BCUT2D eigenvalue weighted by atomic mass is 32.1. The number of rotatable bonds is 7. The van der Waals surface area contributed by atoms with Gasteiger partial charge in [-0.05, 0) is 24.3 Å². The summed E-state index contributed by atoms with van der Waals surface area (Å²) in [6.07, 6.45) is 2.02. The maximum absolute atomic E-state index is 12.6. The predicted octanol–water partition coefficient (Wildman–Crippen LogP) is 0.262. The van der Waals surface area contributed by atoms with Gasteiger partial charge >= 0.3 is 5.69 Å². The second-order valence-corrected chi connectivity index (χ2v) is 8.67. The monoisotopic (exact) mass is 444 g/mol. The molecule has 31 heavy (non-hydrogen) atoms. The number of nitrogens with zero attached hydrogens (tertiary/aromatic N) is 4. The van der Waals surface area contributed by atoms with Crippen molar-refractivity contribution in [3.63, 3.8) is 0 Å². The van der Waals surface area contributed by atoms with Gasteiger partial charge in [0.15, 0.2) is 5.65 Å². The van der Waals surface area contributed by atoms with E-state index in [0.29, 0.717) is 50.2 Å². The Bertz CT molecular complexity index is 1240. The molecule has 11 heteroatoms. The molecule has 1 atom stereocenters. The van der Waals surface area contributed by atoms with E-state index in [2.05, 4.69) is 15.3 Å². The molecule has 3 aromatic rings. The molecule has 1 unspecified atom stereocenters. The van der Waals surface area contributed by atoms with Crippen LogP contribution in [0.2, 0.25) is 0 Å². The predicted molar refractivity (Wildman–Crippen MR) is 116 cm³/mol. The van der Waals surface area contributed by atoms with Crippen LogP contribution in [-0.4, -0.2) is 48.4 Å². The fraction of sp³-hybridized carbons (Fsp3) is 0.450. The molecule has 4 rings (SSSR count). The summed E-state index contributed by atoms with van der Waals surface area (Å²) >= 11 is 1.57. The van der Waals surface area contributed by atoms with Crippen LogP contribution >= 0.6 is 11.3 Å². The molecule has 1 saturated heterocycles. The standard InChI is InChI=1S/C20H24N6O4S/c1-24-17-16(19(29)25(2)20(24)30)22-14(23-17)6-3-9-21-18(28)13-7-8-15(27)26(13)11-12-5-4-10-31-12/h4-5,10,13H,3,6-9,11H2,1-2H3,(H,21,28)(H,22,23). The van der Waals surface area contributed by atoms with Crippen molar-refractivity contribution in [2.45, 2.75) is 38.3 Å². The number of fused-ring (bicyclic) bond motifs is 1. The number of aromatic amines is 1. The number of hydrogen-bond acceptors (Lipinski definition) is 6. The molecule has 2 amide bonds. The van der Waals surface area contributed by atoms with Crippen molar-refractivity contribution in [2.24, 2.45) is 14.1 Å². The summed E-state index contributed by atoms with van der Waals surface area (Å²) in [7, 11) is 3.00. The third kappa shape index (κ3) is 4.05. The molecule has 0 spiro atoms. The van der Waals surface area contributed by atoms with E-state index in [-0.39, 0.29) is 17.3 Å². The van der Waals surface area contributed by atoms with E-state index < -0.39 is 17.3 Å². The van der Waals surface area contributed by atoms with Gasteiger partial charge in [0, 0.05) is 38.4 Å². The SMILES string of the molecule is Cn1c(=O)c2[nH]c(CCCNC(=O)C3CCC(=O)N3Cc3cccs3)nc2n(C)c1=O. The van der Waals surface area contributed by atoms with Crippen LogP contribution in [0, 0.1) is 0 Å². The Morgan fingerprint density at radius 2 is 2.10 bits per heavy atom. The molecule has 1 fully saturated rings. The van der Waals surface area contributed by atoms with Crippen molar-refractivity contribution in [3.8, 4) is 0 Å². The van der Waals surface area contributed by atoms with Crippen LogP contribution in [0.4, 0.5) is 0 Å². The van der Waals surface area contributed by atoms with Crippen LogP contribution in [0.3, 0.4) is 0 Å². The van der Waals surface area contributed by atoms with E-state index in [9.17, 15) is 19.2 Å². The highest BCUT2D eigenvalue weighted by molar-refractivity contribution is 7.09. The first-order valence-corrected chi connectivity index (χ1v) is 11.0. The molecule has 10 nitrogen and oxygen atoms in total. The van der Waals surface area contributed by atoms with Crippen LogP contribution in [0.25, 0.3) is 11.2 Å². The average Bonchev–Trinajstić information content (AvgIpc) is 3.49. The normalized spacial score (nSPS) is 16.4.